The molecule has 1 atom stereocenters. The highest BCUT2D eigenvalue weighted by atomic mass is 16.5. The van der Waals surface area contributed by atoms with Gasteiger partial charge in [-0.25, -0.2) is 4.68 Å². The molecule has 8 nitrogen and oxygen atoms in total. The number of hydrogen-bond donors (Lipinski definition) is 1. The van der Waals surface area contributed by atoms with E-state index in [4.69, 9.17) is 4.74 Å². The SMILES string of the molecule is CCc1ccc2[nH]c(=O)c(CN(Cc3ccccc3OC)[C@H](CC)c3nnnn3Cc3ccccc3)cc2c1. The molecule has 200 valence electrons. The largest absolute Gasteiger partial charge is 0.496 e. The minimum atomic E-state index is -0.134. The summed E-state index contributed by atoms with van der Waals surface area (Å²) in [5.41, 5.74) is 4.84. The second-order valence-corrected chi connectivity index (χ2v) is 9.72. The summed E-state index contributed by atoms with van der Waals surface area (Å²) in [5.74, 6) is 1.57. The lowest BCUT2D eigenvalue weighted by atomic mass is 10.1. The van der Waals surface area contributed by atoms with Crippen LogP contribution in [0.1, 0.15) is 54.4 Å². The molecule has 39 heavy (non-hydrogen) atoms. The first-order valence-electron chi connectivity index (χ1n) is 13.4. The molecule has 0 aliphatic heterocycles. The van der Waals surface area contributed by atoms with Crippen molar-refractivity contribution in [2.75, 3.05) is 7.11 Å². The average molecular weight is 523 g/mol. The predicted octanol–water partition coefficient (Wildman–Crippen LogP) is 5.29. The highest BCUT2D eigenvalue weighted by Crippen LogP contribution is 2.29. The number of aromatic nitrogens is 5. The Balaban J connectivity index is 1.55. The molecule has 1 N–H and O–H groups in total. The molecule has 0 radical (unpaired) electrons. The van der Waals surface area contributed by atoms with Crippen LogP contribution in [-0.4, -0.2) is 37.2 Å². The first-order chi connectivity index (χ1) is 19.1. The van der Waals surface area contributed by atoms with Gasteiger partial charge >= 0.3 is 0 Å². The number of para-hydroxylation sites is 1. The zero-order valence-corrected chi connectivity index (χ0v) is 22.7. The Morgan fingerprint density at radius 2 is 1.69 bits per heavy atom. The van der Waals surface area contributed by atoms with E-state index < -0.39 is 0 Å². The second kappa shape index (κ2) is 12.0. The Morgan fingerprint density at radius 1 is 0.923 bits per heavy atom. The number of fused-ring (bicyclic) bond motifs is 1. The van der Waals surface area contributed by atoms with Gasteiger partial charge in [-0.2, -0.15) is 0 Å². The van der Waals surface area contributed by atoms with Crippen molar-refractivity contribution in [1.29, 1.82) is 0 Å². The van der Waals surface area contributed by atoms with Crippen LogP contribution in [0.3, 0.4) is 0 Å². The van der Waals surface area contributed by atoms with Crippen molar-refractivity contribution >= 4 is 10.9 Å². The summed E-state index contributed by atoms with van der Waals surface area (Å²) in [5, 5.41) is 13.9. The molecule has 5 aromatic rings. The standard InChI is InChI=1S/C31H34N6O2/c1-4-22-15-16-27-25(17-22)18-26(31(38)32-27)21-36(20-24-13-9-10-14-29(24)39-3)28(5-2)30-33-34-35-37(30)19-23-11-7-6-8-12-23/h6-18,28H,4-5,19-21H2,1-3H3,(H,32,38)/t28-/m1/s1. The fraction of sp³-hybridized carbons (Fsp3) is 0.290. The van der Waals surface area contributed by atoms with Crippen molar-refractivity contribution in [1.82, 2.24) is 30.1 Å². The third kappa shape index (κ3) is 5.91. The van der Waals surface area contributed by atoms with E-state index in [1.165, 1.54) is 5.56 Å². The van der Waals surface area contributed by atoms with Crippen LogP contribution in [-0.2, 0) is 26.1 Å². The van der Waals surface area contributed by atoms with Crippen molar-refractivity contribution in [3.05, 3.63) is 117 Å². The Bertz CT molecular complexity index is 1590. The number of hydrogen-bond acceptors (Lipinski definition) is 6. The van der Waals surface area contributed by atoms with Gasteiger partial charge in [0.1, 0.15) is 5.75 Å². The summed E-state index contributed by atoms with van der Waals surface area (Å²) >= 11 is 0. The molecular weight excluding hydrogens is 488 g/mol. The third-order valence-corrected chi connectivity index (χ3v) is 7.19. The van der Waals surface area contributed by atoms with Crippen molar-refractivity contribution in [3.8, 4) is 5.75 Å². The molecule has 8 heteroatoms. The number of rotatable bonds is 11. The maximum Gasteiger partial charge on any atom is 0.252 e. The summed E-state index contributed by atoms with van der Waals surface area (Å²) in [4.78, 5) is 18.6. The average Bonchev–Trinajstić information content (AvgIpc) is 3.41. The summed E-state index contributed by atoms with van der Waals surface area (Å²) < 4.78 is 7.53. The lowest BCUT2D eigenvalue weighted by molar-refractivity contribution is 0.159. The van der Waals surface area contributed by atoms with E-state index in [2.05, 4.69) is 69.6 Å². The minimum absolute atomic E-state index is 0.0875. The van der Waals surface area contributed by atoms with Crippen LogP contribution in [0.15, 0.2) is 83.7 Å². The van der Waals surface area contributed by atoms with Crippen LogP contribution >= 0.6 is 0 Å². The van der Waals surface area contributed by atoms with Crippen LogP contribution in [0.5, 0.6) is 5.75 Å². The fourth-order valence-electron chi connectivity index (χ4n) is 5.11. The first-order valence-corrected chi connectivity index (χ1v) is 13.4. The number of nitrogens with zero attached hydrogens (tertiary/aromatic N) is 5. The number of aryl methyl sites for hydroxylation is 1. The van der Waals surface area contributed by atoms with E-state index in [9.17, 15) is 4.79 Å². The first kappa shape index (κ1) is 26.3. The van der Waals surface area contributed by atoms with Crippen LogP contribution in [0.2, 0.25) is 0 Å². The van der Waals surface area contributed by atoms with Gasteiger partial charge in [0.05, 0.1) is 19.7 Å². The zero-order chi connectivity index (χ0) is 27.2. The van der Waals surface area contributed by atoms with Crippen molar-refractivity contribution < 1.29 is 4.74 Å². The Labute approximate surface area is 228 Å². The summed E-state index contributed by atoms with van der Waals surface area (Å²) in [6, 6.07) is 26.2. The van der Waals surface area contributed by atoms with E-state index >= 15 is 0 Å². The highest BCUT2D eigenvalue weighted by molar-refractivity contribution is 5.79. The van der Waals surface area contributed by atoms with Gasteiger partial charge in [-0.05, 0) is 64.0 Å². The normalized spacial score (nSPS) is 12.2. The Morgan fingerprint density at radius 3 is 2.46 bits per heavy atom. The quantitative estimate of drug-likeness (QED) is 0.254. The maximum atomic E-state index is 13.3. The summed E-state index contributed by atoms with van der Waals surface area (Å²) in [6.45, 7) is 5.82. The second-order valence-electron chi connectivity index (χ2n) is 9.72. The third-order valence-electron chi connectivity index (χ3n) is 7.19. The lowest BCUT2D eigenvalue weighted by Crippen LogP contribution is -2.32. The zero-order valence-electron chi connectivity index (χ0n) is 22.7. The molecular formula is C31H34N6O2. The molecule has 0 amide bonds. The molecule has 0 aliphatic rings. The van der Waals surface area contributed by atoms with E-state index in [1.54, 1.807) is 7.11 Å². The van der Waals surface area contributed by atoms with Gasteiger partial charge in [0.15, 0.2) is 5.82 Å². The molecule has 0 aliphatic carbocycles. The van der Waals surface area contributed by atoms with E-state index in [-0.39, 0.29) is 11.6 Å². The molecule has 2 aromatic heterocycles. The molecule has 0 bridgehead atoms. The van der Waals surface area contributed by atoms with Crippen molar-refractivity contribution in [2.45, 2.75) is 52.4 Å². The number of methoxy groups -OCH3 is 1. The van der Waals surface area contributed by atoms with Gasteiger partial charge in [0.25, 0.3) is 5.56 Å². The molecule has 0 saturated carbocycles. The van der Waals surface area contributed by atoms with Crippen LogP contribution in [0.25, 0.3) is 10.9 Å². The van der Waals surface area contributed by atoms with Gasteiger partial charge in [-0.3, -0.25) is 9.69 Å². The number of benzene rings is 3. The van der Waals surface area contributed by atoms with Crippen LogP contribution < -0.4 is 10.3 Å². The highest BCUT2D eigenvalue weighted by Gasteiger charge is 2.27. The maximum absolute atomic E-state index is 13.3. The number of pyridine rings is 1. The number of tetrazole rings is 1. The Kier molecular flexibility index (Phi) is 8.13. The molecule has 0 spiro atoms. The number of nitrogens with one attached hydrogen (secondary N) is 1. The van der Waals surface area contributed by atoms with E-state index in [0.29, 0.717) is 25.2 Å². The van der Waals surface area contributed by atoms with Gasteiger partial charge in [0.2, 0.25) is 0 Å². The topological polar surface area (TPSA) is 88.9 Å². The fourth-order valence-corrected chi connectivity index (χ4v) is 5.11. The van der Waals surface area contributed by atoms with E-state index in [0.717, 1.165) is 46.4 Å². The van der Waals surface area contributed by atoms with Crippen molar-refractivity contribution in [3.63, 3.8) is 0 Å². The predicted molar refractivity (Wildman–Crippen MR) is 153 cm³/mol. The Hall–Kier alpha value is -4.30. The number of ether oxygens (including phenoxy) is 1. The monoisotopic (exact) mass is 522 g/mol. The van der Waals surface area contributed by atoms with Crippen LogP contribution in [0, 0.1) is 0 Å². The van der Waals surface area contributed by atoms with Gasteiger partial charge in [0, 0.05) is 29.7 Å². The molecule has 0 fully saturated rings. The van der Waals surface area contributed by atoms with Gasteiger partial charge in [-0.15, -0.1) is 5.10 Å². The summed E-state index contributed by atoms with van der Waals surface area (Å²) in [7, 11) is 1.68. The molecule has 5 rings (SSSR count). The van der Waals surface area contributed by atoms with Crippen LogP contribution in [0.4, 0.5) is 0 Å². The lowest BCUT2D eigenvalue weighted by Gasteiger charge is -2.30. The minimum Gasteiger partial charge on any atom is -0.496 e. The molecule has 0 saturated heterocycles. The van der Waals surface area contributed by atoms with Gasteiger partial charge < -0.3 is 9.72 Å². The van der Waals surface area contributed by atoms with Crippen molar-refractivity contribution in [2.24, 2.45) is 0 Å². The smallest absolute Gasteiger partial charge is 0.252 e. The molecule has 0 unspecified atom stereocenters. The number of aromatic amines is 1. The molecule has 3 aromatic carbocycles. The number of H-pyrrole nitrogens is 1. The molecule has 2 heterocycles. The summed E-state index contributed by atoms with van der Waals surface area (Å²) in [6.07, 6.45) is 1.70. The van der Waals surface area contributed by atoms with Gasteiger partial charge in [-0.1, -0.05) is 68.4 Å². The van der Waals surface area contributed by atoms with E-state index in [1.807, 2.05) is 53.2 Å².